The number of anilines is 4. The molecule has 0 fully saturated rings. The number of aryl methyl sites for hydroxylation is 3. The third-order valence-corrected chi connectivity index (χ3v) is 4.49. The maximum atomic E-state index is 12.3. The van der Waals surface area contributed by atoms with Crippen LogP contribution in [0.25, 0.3) is 5.82 Å². The molecule has 0 aliphatic rings. The lowest BCUT2D eigenvalue weighted by molar-refractivity contribution is 0.262. The highest BCUT2D eigenvalue weighted by molar-refractivity contribution is 5.99. The van der Waals surface area contributed by atoms with Gasteiger partial charge >= 0.3 is 6.03 Å². The number of imidazole rings is 1. The Bertz CT molecular complexity index is 1180. The van der Waals surface area contributed by atoms with E-state index in [-0.39, 0.29) is 6.03 Å². The lowest BCUT2D eigenvalue weighted by atomic mass is 10.1. The van der Waals surface area contributed by atoms with Crippen LogP contribution in [0.3, 0.4) is 0 Å². The van der Waals surface area contributed by atoms with Crippen LogP contribution in [-0.2, 0) is 0 Å². The first-order valence-corrected chi connectivity index (χ1v) is 9.82. The van der Waals surface area contributed by atoms with E-state index in [1.807, 2.05) is 74.0 Å². The molecule has 0 radical (unpaired) electrons. The first kappa shape index (κ1) is 20.1. The normalized spacial score (nSPS) is 10.5. The van der Waals surface area contributed by atoms with Crippen LogP contribution in [0.5, 0.6) is 0 Å². The smallest absolute Gasteiger partial charge is 0.323 e. The van der Waals surface area contributed by atoms with E-state index in [2.05, 4.69) is 37.0 Å². The van der Waals surface area contributed by atoms with Gasteiger partial charge in [-0.3, -0.25) is 4.57 Å². The molecule has 31 heavy (non-hydrogen) atoms. The molecule has 4 aromatic rings. The molecule has 8 heteroatoms. The summed E-state index contributed by atoms with van der Waals surface area (Å²) in [4.78, 5) is 25.2. The molecule has 0 bridgehead atoms. The van der Waals surface area contributed by atoms with Gasteiger partial charge in [0.2, 0.25) is 0 Å². The monoisotopic (exact) mass is 413 g/mol. The van der Waals surface area contributed by atoms with Crippen molar-refractivity contribution in [1.29, 1.82) is 0 Å². The summed E-state index contributed by atoms with van der Waals surface area (Å²) in [6, 6.07) is 14.9. The van der Waals surface area contributed by atoms with Crippen molar-refractivity contribution in [2.45, 2.75) is 20.8 Å². The van der Waals surface area contributed by atoms with E-state index in [1.54, 1.807) is 12.5 Å². The van der Waals surface area contributed by atoms with Gasteiger partial charge in [0, 0.05) is 35.5 Å². The number of aromatic nitrogens is 4. The second-order valence-corrected chi connectivity index (χ2v) is 7.29. The van der Waals surface area contributed by atoms with Gasteiger partial charge in [-0.2, -0.15) is 0 Å². The number of carbonyl (C=O) groups is 1. The lowest BCUT2D eigenvalue weighted by Crippen LogP contribution is -2.19. The van der Waals surface area contributed by atoms with Gasteiger partial charge in [0.15, 0.2) is 0 Å². The standard InChI is InChI=1S/C23H23N7O/c1-15-10-16(2)12-20(11-15)29-23(31)28-19-6-4-18(5-7-19)27-21-13-22(26-17(3)25-21)30-9-8-24-14-30/h4-14H,1-3H3,(H,25,26,27)(H2,28,29,31). The summed E-state index contributed by atoms with van der Waals surface area (Å²) in [6.45, 7) is 5.84. The van der Waals surface area contributed by atoms with E-state index >= 15 is 0 Å². The van der Waals surface area contributed by atoms with E-state index in [0.717, 1.165) is 28.3 Å². The minimum Gasteiger partial charge on any atom is -0.340 e. The average Bonchev–Trinajstić information content (AvgIpc) is 3.23. The molecule has 0 unspecified atom stereocenters. The third kappa shape index (κ3) is 5.24. The third-order valence-electron chi connectivity index (χ3n) is 4.49. The molecular weight excluding hydrogens is 390 g/mol. The summed E-state index contributed by atoms with van der Waals surface area (Å²) in [7, 11) is 0. The molecule has 3 N–H and O–H groups in total. The molecule has 4 rings (SSSR count). The summed E-state index contributed by atoms with van der Waals surface area (Å²) in [6.07, 6.45) is 5.22. The van der Waals surface area contributed by atoms with Crippen LogP contribution in [0, 0.1) is 20.8 Å². The molecule has 0 aliphatic carbocycles. The van der Waals surface area contributed by atoms with Crippen molar-refractivity contribution in [3.05, 3.63) is 84.2 Å². The molecule has 0 aliphatic heterocycles. The van der Waals surface area contributed by atoms with E-state index in [4.69, 9.17) is 0 Å². The Kier molecular flexibility index (Phi) is 5.61. The zero-order chi connectivity index (χ0) is 21.8. The number of hydrogen-bond acceptors (Lipinski definition) is 5. The Hall–Kier alpha value is -4.20. The van der Waals surface area contributed by atoms with Crippen LogP contribution in [0.2, 0.25) is 0 Å². The second-order valence-electron chi connectivity index (χ2n) is 7.29. The van der Waals surface area contributed by atoms with Gasteiger partial charge in [0.1, 0.15) is 23.8 Å². The Balaban J connectivity index is 1.41. The zero-order valence-electron chi connectivity index (χ0n) is 17.5. The Morgan fingerprint density at radius 1 is 0.839 bits per heavy atom. The molecule has 2 aromatic heterocycles. The first-order valence-electron chi connectivity index (χ1n) is 9.82. The van der Waals surface area contributed by atoms with E-state index in [1.165, 1.54) is 0 Å². The topological polar surface area (TPSA) is 96.8 Å². The second kappa shape index (κ2) is 8.66. The number of hydrogen-bond donors (Lipinski definition) is 3. The zero-order valence-corrected chi connectivity index (χ0v) is 17.5. The highest BCUT2D eigenvalue weighted by Gasteiger charge is 2.06. The predicted molar refractivity (Wildman–Crippen MR) is 122 cm³/mol. The van der Waals surface area contributed by atoms with Crippen molar-refractivity contribution in [3.63, 3.8) is 0 Å². The number of urea groups is 1. The van der Waals surface area contributed by atoms with Crippen LogP contribution in [0.15, 0.2) is 67.3 Å². The Morgan fingerprint density at radius 3 is 2.19 bits per heavy atom. The highest BCUT2D eigenvalue weighted by atomic mass is 16.2. The quantitative estimate of drug-likeness (QED) is 0.429. The molecule has 2 amide bonds. The van der Waals surface area contributed by atoms with E-state index in [9.17, 15) is 4.79 Å². The fourth-order valence-corrected chi connectivity index (χ4v) is 3.27. The number of amides is 2. The summed E-state index contributed by atoms with van der Waals surface area (Å²) in [5, 5.41) is 8.97. The van der Waals surface area contributed by atoms with Crippen molar-refractivity contribution in [1.82, 2.24) is 19.5 Å². The fourth-order valence-electron chi connectivity index (χ4n) is 3.27. The lowest BCUT2D eigenvalue weighted by Gasteiger charge is -2.11. The molecule has 2 aromatic carbocycles. The van der Waals surface area contributed by atoms with Gasteiger partial charge in [-0.15, -0.1) is 0 Å². The number of nitrogens with one attached hydrogen (secondary N) is 3. The minimum absolute atomic E-state index is 0.290. The molecule has 2 heterocycles. The molecule has 0 atom stereocenters. The Labute approximate surface area is 180 Å². The van der Waals surface area contributed by atoms with Crippen LogP contribution in [0.1, 0.15) is 17.0 Å². The number of carbonyl (C=O) groups excluding carboxylic acids is 1. The molecule has 8 nitrogen and oxygen atoms in total. The van der Waals surface area contributed by atoms with Gasteiger partial charge in [-0.1, -0.05) is 6.07 Å². The van der Waals surface area contributed by atoms with Crippen molar-refractivity contribution in [2.75, 3.05) is 16.0 Å². The van der Waals surface area contributed by atoms with Gasteiger partial charge in [0.25, 0.3) is 0 Å². The molecule has 156 valence electrons. The molecule has 0 saturated carbocycles. The van der Waals surface area contributed by atoms with Crippen LogP contribution in [0.4, 0.5) is 27.7 Å². The van der Waals surface area contributed by atoms with Crippen molar-refractivity contribution >= 4 is 28.9 Å². The number of nitrogens with zero attached hydrogens (tertiary/aromatic N) is 4. The molecule has 0 saturated heterocycles. The van der Waals surface area contributed by atoms with E-state index in [0.29, 0.717) is 17.3 Å². The summed E-state index contributed by atoms with van der Waals surface area (Å²) in [5.41, 5.74) is 4.49. The summed E-state index contributed by atoms with van der Waals surface area (Å²) in [5.74, 6) is 2.05. The first-order chi connectivity index (χ1) is 14.9. The van der Waals surface area contributed by atoms with Gasteiger partial charge in [-0.25, -0.2) is 19.7 Å². The molecule has 0 spiro atoms. The van der Waals surface area contributed by atoms with Gasteiger partial charge in [-0.05, 0) is 68.3 Å². The summed E-state index contributed by atoms with van der Waals surface area (Å²) < 4.78 is 1.82. The van der Waals surface area contributed by atoms with Gasteiger partial charge < -0.3 is 16.0 Å². The highest BCUT2D eigenvalue weighted by Crippen LogP contribution is 2.20. The van der Waals surface area contributed by atoms with Crippen LogP contribution >= 0.6 is 0 Å². The molecular formula is C23H23N7O. The average molecular weight is 413 g/mol. The van der Waals surface area contributed by atoms with Crippen molar-refractivity contribution in [2.24, 2.45) is 0 Å². The maximum absolute atomic E-state index is 12.3. The largest absolute Gasteiger partial charge is 0.340 e. The van der Waals surface area contributed by atoms with Crippen molar-refractivity contribution in [3.8, 4) is 5.82 Å². The van der Waals surface area contributed by atoms with E-state index < -0.39 is 0 Å². The van der Waals surface area contributed by atoms with Crippen LogP contribution < -0.4 is 16.0 Å². The minimum atomic E-state index is -0.290. The van der Waals surface area contributed by atoms with Crippen molar-refractivity contribution < 1.29 is 4.79 Å². The maximum Gasteiger partial charge on any atom is 0.323 e. The Morgan fingerprint density at radius 2 is 1.52 bits per heavy atom. The predicted octanol–water partition coefficient (Wildman–Crippen LogP) is 4.98. The SMILES string of the molecule is Cc1cc(C)cc(NC(=O)Nc2ccc(Nc3cc(-n4ccnc4)nc(C)n3)cc2)c1. The van der Waals surface area contributed by atoms with Gasteiger partial charge in [0.05, 0.1) is 0 Å². The fraction of sp³-hybridized carbons (Fsp3) is 0.130. The summed E-state index contributed by atoms with van der Waals surface area (Å²) >= 11 is 0. The number of benzene rings is 2. The van der Waals surface area contributed by atoms with Crippen LogP contribution in [-0.4, -0.2) is 25.6 Å². The number of rotatable bonds is 5.